The van der Waals surface area contributed by atoms with E-state index in [2.05, 4.69) is 11.3 Å². The van der Waals surface area contributed by atoms with Crippen LogP contribution in [0.4, 0.5) is 26.3 Å². The van der Waals surface area contributed by atoms with Crippen molar-refractivity contribution in [3.8, 4) is 16.9 Å². The van der Waals surface area contributed by atoms with Crippen LogP contribution >= 0.6 is 0 Å². The van der Waals surface area contributed by atoms with Gasteiger partial charge in [0.2, 0.25) is 0 Å². The van der Waals surface area contributed by atoms with Crippen LogP contribution in [0, 0.1) is 29.3 Å². The van der Waals surface area contributed by atoms with Gasteiger partial charge in [-0.1, -0.05) is 12.1 Å². The van der Waals surface area contributed by atoms with Crippen LogP contribution in [-0.4, -0.2) is 6.36 Å². The van der Waals surface area contributed by atoms with Crippen LogP contribution in [0.15, 0.2) is 36.9 Å². The third kappa shape index (κ3) is 3.82. The molecule has 160 valence electrons. The van der Waals surface area contributed by atoms with E-state index in [9.17, 15) is 22.0 Å². The Kier molecular flexibility index (Phi) is 5.32. The molecule has 0 aliphatic heterocycles. The van der Waals surface area contributed by atoms with E-state index < -0.39 is 35.1 Å². The van der Waals surface area contributed by atoms with Gasteiger partial charge in [-0.15, -0.1) is 19.8 Å². The average Bonchev–Trinajstić information content (AvgIpc) is 2.68. The molecule has 4 rings (SSSR count). The van der Waals surface area contributed by atoms with E-state index in [0.29, 0.717) is 35.4 Å². The minimum Gasteiger partial charge on any atom is -0.403 e. The second-order valence-electron chi connectivity index (χ2n) is 8.02. The summed E-state index contributed by atoms with van der Waals surface area (Å²) in [7, 11) is 0. The zero-order valence-electron chi connectivity index (χ0n) is 16.0. The van der Waals surface area contributed by atoms with E-state index >= 15 is 4.39 Å². The van der Waals surface area contributed by atoms with Gasteiger partial charge < -0.3 is 4.74 Å². The van der Waals surface area contributed by atoms with Crippen molar-refractivity contribution in [1.82, 2.24) is 0 Å². The minimum absolute atomic E-state index is 0.0716. The zero-order chi connectivity index (χ0) is 21.6. The highest BCUT2D eigenvalue weighted by Crippen LogP contribution is 2.49. The van der Waals surface area contributed by atoms with Crippen molar-refractivity contribution in [2.75, 3.05) is 0 Å². The summed E-state index contributed by atoms with van der Waals surface area (Å²) in [5.74, 6) is -3.17. The Bertz CT molecular complexity index is 981. The molecule has 7 heteroatoms. The second-order valence-corrected chi connectivity index (χ2v) is 8.02. The van der Waals surface area contributed by atoms with E-state index in [-0.39, 0.29) is 11.5 Å². The van der Waals surface area contributed by atoms with Gasteiger partial charge in [-0.2, -0.15) is 0 Å². The summed E-state index contributed by atoms with van der Waals surface area (Å²) in [6.07, 6.45) is 0.784. The van der Waals surface area contributed by atoms with E-state index in [1.807, 2.05) is 6.08 Å². The van der Waals surface area contributed by atoms with Gasteiger partial charge in [0.1, 0.15) is 11.6 Å². The molecule has 3 atom stereocenters. The predicted molar refractivity (Wildman–Crippen MR) is 101 cm³/mol. The van der Waals surface area contributed by atoms with Crippen molar-refractivity contribution in [2.24, 2.45) is 11.8 Å². The van der Waals surface area contributed by atoms with E-state index in [1.165, 1.54) is 6.07 Å². The number of halogens is 6. The Morgan fingerprint density at radius 1 is 1.00 bits per heavy atom. The van der Waals surface area contributed by atoms with Crippen molar-refractivity contribution in [3.63, 3.8) is 0 Å². The molecule has 0 bridgehead atoms. The third-order valence-corrected chi connectivity index (χ3v) is 6.32. The van der Waals surface area contributed by atoms with Gasteiger partial charge in [0, 0.05) is 0 Å². The van der Waals surface area contributed by atoms with Gasteiger partial charge in [0.05, 0.1) is 5.56 Å². The SMILES string of the molecule is C=C[C@@H]1CC[C@@H]2c3cc(F)c(-c4ccc(OC(F)(F)F)c(F)c4)c(F)c3CC[C@@H]2C1. The van der Waals surface area contributed by atoms with Crippen LogP contribution < -0.4 is 4.74 Å². The molecule has 0 N–H and O–H groups in total. The molecule has 0 heterocycles. The van der Waals surface area contributed by atoms with Gasteiger partial charge in [0.15, 0.2) is 11.6 Å². The molecular weight excluding hydrogens is 406 g/mol. The summed E-state index contributed by atoms with van der Waals surface area (Å²) in [4.78, 5) is 0. The highest BCUT2D eigenvalue weighted by Gasteiger charge is 2.37. The van der Waals surface area contributed by atoms with E-state index in [1.54, 1.807) is 0 Å². The van der Waals surface area contributed by atoms with Crippen LogP contribution in [0.2, 0.25) is 0 Å². The summed E-state index contributed by atoms with van der Waals surface area (Å²) in [5.41, 5.74) is 0.479. The average molecular weight is 426 g/mol. The molecule has 2 aromatic carbocycles. The number of ether oxygens (including phenoxy) is 1. The number of hydrogen-bond acceptors (Lipinski definition) is 1. The van der Waals surface area contributed by atoms with Crippen molar-refractivity contribution in [2.45, 2.75) is 44.4 Å². The zero-order valence-corrected chi connectivity index (χ0v) is 16.0. The second kappa shape index (κ2) is 7.67. The summed E-state index contributed by atoms with van der Waals surface area (Å²) < 4.78 is 84.9. The van der Waals surface area contributed by atoms with Gasteiger partial charge in [0.25, 0.3) is 0 Å². The smallest absolute Gasteiger partial charge is 0.403 e. The normalized spacial score (nSPS) is 23.5. The molecule has 0 saturated heterocycles. The fraction of sp³-hybridized carbons (Fsp3) is 0.391. The molecule has 0 unspecified atom stereocenters. The van der Waals surface area contributed by atoms with Gasteiger partial charge in [-0.3, -0.25) is 0 Å². The standard InChI is InChI=1S/C23H20F6O/c1-2-12-3-6-15-13(9-12)4-7-16-17(15)11-19(25)21(22(16)26)14-5-8-20(18(24)10-14)30-23(27,28)29/h2,5,8,10-13,15H,1,3-4,6-7,9H2/t12-,13-,15+/m1/s1. The van der Waals surface area contributed by atoms with Gasteiger partial charge >= 0.3 is 6.36 Å². The Morgan fingerprint density at radius 2 is 1.77 bits per heavy atom. The van der Waals surface area contributed by atoms with Crippen molar-refractivity contribution < 1.29 is 31.1 Å². The quantitative estimate of drug-likeness (QED) is 0.370. The van der Waals surface area contributed by atoms with Crippen molar-refractivity contribution in [1.29, 1.82) is 0 Å². The van der Waals surface area contributed by atoms with Crippen LogP contribution in [0.1, 0.15) is 42.7 Å². The lowest BCUT2D eigenvalue weighted by molar-refractivity contribution is -0.275. The maximum absolute atomic E-state index is 15.3. The van der Waals surface area contributed by atoms with Crippen LogP contribution in [0.5, 0.6) is 5.75 Å². The first-order chi connectivity index (χ1) is 14.2. The summed E-state index contributed by atoms with van der Waals surface area (Å²) >= 11 is 0. The lowest BCUT2D eigenvalue weighted by Crippen LogP contribution is -2.28. The number of rotatable bonds is 3. The fourth-order valence-corrected chi connectivity index (χ4v) is 4.96. The minimum atomic E-state index is -5.06. The van der Waals surface area contributed by atoms with Crippen LogP contribution in [-0.2, 0) is 6.42 Å². The number of fused-ring (bicyclic) bond motifs is 3. The first-order valence-electron chi connectivity index (χ1n) is 9.87. The van der Waals surface area contributed by atoms with Gasteiger partial charge in [-0.25, -0.2) is 13.2 Å². The molecule has 0 radical (unpaired) electrons. The maximum Gasteiger partial charge on any atom is 0.573 e. The van der Waals surface area contributed by atoms with Crippen LogP contribution in [0.25, 0.3) is 11.1 Å². The van der Waals surface area contributed by atoms with Crippen molar-refractivity contribution in [3.05, 3.63) is 65.5 Å². The molecule has 1 saturated carbocycles. The molecule has 0 spiro atoms. The van der Waals surface area contributed by atoms with E-state index in [4.69, 9.17) is 0 Å². The lowest BCUT2D eigenvalue weighted by atomic mass is 9.65. The molecule has 1 fully saturated rings. The molecule has 2 aliphatic carbocycles. The first kappa shape index (κ1) is 20.8. The van der Waals surface area contributed by atoms with Gasteiger partial charge in [-0.05, 0) is 84.7 Å². The van der Waals surface area contributed by atoms with Crippen molar-refractivity contribution >= 4 is 0 Å². The number of alkyl halides is 3. The molecular formula is C23H20F6O. The highest BCUT2D eigenvalue weighted by atomic mass is 19.4. The molecule has 0 amide bonds. The monoisotopic (exact) mass is 426 g/mol. The molecule has 0 aromatic heterocycles. The molecule has 2 aromatic rings. The number of benzene rings is 2. The topological polar surface area (TPSA) is 9.23 Å². The van der Waals surface area contributed by atoms with Crippen LogP contribution in [0.3, 0.4) is 0 Å². The predicted octanol–water partition coefficient (Wildman–Crippen LogP) is 7.30. The lowest BCUT2D eigenvalue weighted by Gasteiger charge is -2.40. The summed E-state index contributed by atoms with van der Waals surface area (Å²) in [6.45, 7) is 3.85. The van der Waals surface area contributed by atoms with E-state index in [0.717, 1.165) is 37.8 Å². The Balaban J connectivity index is 1.71. The molecule has 1 nitrogen and oxygen atoms in total. The first-order valence-corrected chi connectivity index (χ1v) is 9.87. The third-order valence-electron chi connectivity index (χ3n) is 6.32. The molecule has 30 heavy (non-hydrogen) atoms. The molecule has 2 aliphatic rings. The largest absolute Gasteiger partial charge is 0.573 e. The number of hydrogen-bond donors (Lipinski definition) is 0. The fourth-order valence-electron chi connectivity index (χ4n) is 4.96. The Morgan fingerprint density at radius 3 is 2.43 bits per heavy atom. The number of allylic oxidation sites excluding steroid dienone is 1. The highest BCUT2D eigenvalue weighted by molar-refractivity contribution is 5.68. The summed E-state index contributed by atoms with van der Waals surface area (Å²) in [6, 6.07) is 3.73. The Labute approximate surface area is 170 Å². The Hall–Kier alpha value is -2.44. The summed E-state index contributed by atoms with van der Waals surface area (Å²) in [5, 5.41) is 0. The maximum atomic E-state index is 15.3.